The molecule has 0 spiro atoms. The number of rotatable bonds is 23. The molecule has 0 fully saturated rings. The Hall–Kier alpha value is -2.12. The maximum Gasteiger partial charge on any atom is 0.237 e. The Morgan fingerprint density at radius 3 is 1.90 bits per heavy atom. The summed E-state index contributed by atoms with van der Waals surface area (Å²) in [4.78, 5) is 54.3. The van der Waals surface area contributed by atoms with Gasteiger partial charge in [-0.1, -0.05) is 27.2 Å². The van der Waals surface area contributed by atoms with Crippen LogP contribution in [0.25, 0.3) is 0 Å². The SMILES string of the molecule is CCCCNC(=O)[C@H](CC(=O)NCCNCCN)NC(C)(C)C(C)(C)C(=O)[C@@H](N)CC(=O)NCCN(C(C)C)C(C)C. The van der Waals surface area contributed by atoms with Crippen LogP contribution in [0.4, 0.5) is 0 Å². The molecule has 2 atom stereocenters. The van der Waals surface area contributed by atoms with Gasteiger partial charge >= 0.3 is 0 Å². The van der Waals surface area contributed by atoms with Crippen molar-refractivity contribution in [3.63, 3.8) is 0 Å². The molecule has 0 saturated carbocycles. The molecule has 0 rings (SSSR count). The fourth-order valence-electron chi connectivity index (χ4n) is 4.68. The van der Waals surface area contributed by atoms with Crippen LogP contribution in [0.3, 0.4) is 0 Å². The highest BCUT2D eigenvalue weighted by molar-refractivity contribution is 5.94. The molecule has 0 heterocycles. The van der Waals surface area contributed by atoms with E-state index in [1.54, 1.807) is 13.8 Å². The first kappa shape index (κ1) is 39.9. The van der Waals surface area contributed by atoms with Gasteiger partial charge in [0.25, 0.3) is 0 Å². The number of hydrogen-bond acceptors (Lipinski definition) is 9. The zero-order valence-corrected chi connectivity index (χ0v) is 27.8. The van der Waals surface area contributed by atoms with E-state index in [1.165, 1.54) is 0 Å². The maximum atomic E-state index is 13.6. The normalized spacial score (nSPS) is 13.8. The number of nitrogens with zero attached hydrogens (tertiary/aromatic N) is 1. The Labute approximate surface area is 254 Å². The number of ketones is 1. The van der Waals surface area contributed by atoms with Gasteiger partial charge in [0.05, 0.1) is 18.5 Å². The summed E-state index contributed by atoms with van der Waals surface area (Å²) >= 11 is 0. The molecular weight excluding hydrogens is 536 g/mol. The summed E-state index contributed by atoms with van der Waals surface area (Å²) in [6.45, 7) is 21.4. The topological polar surface area (TPSA) is 184 Å². The Kier molecular flexibility index (Phi) is 18.9. The third-order valence-electron chi connectivity index (χ3n) is 7.96. The number of hydrogen-bond donors (Lipinski definition) is 7. The monoisotopic (exact) mass is 598 g/mol. The lowest BCUT2D eigenvalue weighted by Gasteiger charge is -2.44. The van der Waals surface area contributed by atoms with E-state index in [9.17, 15) is 19.2 Å². The third kappa shape index (κ3) is 14.4. The zero-order valence-electron chi connectivity index (χ0n) is 27.8. The first-order valence-electron chi connectivity index (χ1n) is 15.6. The molecule has 0 aliphatic rings. The lowest BCUT2D eigenvalue weighted by molar-refractivity contribution is -0.136. The van der Waals surface area contributed by atoms with Crippen LogP contribution in [0, 0.1) is 5.41 Å². The standard InChI is InChI=1S/C30H62N8O4/c1-10-11-13-36-28(42)24(20-26(40)34-16-15-33-14-12-31)37-30(8,9)29(6,7)27(41)23(32)19-25(39)35-17-18-38(21(2)3)22(4)5/h21-24,33,37H,10-20,31-32H2,1-9H3,(H,34,40)(H,35,39)(H,36,42)/t23-,24-/m0/s1. The molecule has 0 aromatic heterocycles. The van der Waals surface area contributed by atoms with Crippen LogP contribution in [0.2, 0.25) is 0 Å². The maximum absolute atomic E-state index is 13.6. The lowest BCUT2D eigenvalue weighted by atomic mass is 9.69. The summed E-state index contributed by atoms with van der Waals surface area (Å²) in [6.07, 6.45) is 1.50. The van der Waals surface area contributed by atoms with Crippen molar-refractivity contribution < 1.29 is 19.2 Å². The average Bonchev–Trinajstić information content (AvgIpc) is 2.89. The van der Waals surface area contributed by atoms with Crippen molar-refractivity contribution in [3.8, 4) is 0 Å². The number of carbonyl (C=O) groups is 4. The molecule has 12 nitrogen and oxygen atoms in total. The van der Waals surface area contributed by atoms with Crippen LogP contribution in [0.15, 0.2) is 0 Å². The molecule has 0 radical (unpaired) electrons. The highest BCUT2D eigenvalue weighted by Crippen LogP contribution is 2.33. The second kappa shape index (κ2) is 20.0. The molecule has 0 aromatic carbocycles. The van der Waals surface area contributed by atoms with Gasteiger partial charge in [-0.2, -0.15) is 0 Å². The van der Waals surface area contributed by atoms with E-state index in [-0.39, 0.29) is 36.3 Å². The highest BCUT2D eigenvalue weighted by atomic mass is 16.2. The number of amides is 3. The Bertz CT molecular complexity index is 824. The van der Waals surface area contributed by atoms with Crippen molar-refractivity contribution >= 4 is 23.5 Å². The van der Waals surface area contributed by atoms with Crippen LogP contribution in [0.5, 0.6) is 0 Å². The lowest BCUT2D eigenvalue weighted by Crippen LogP contribution is -2.63. The summed E-state index contributed by atoms with van der Waals surface area (Å²) in [6, 6.07) is -1.19. The van der Waals surface area contributed by atoms with E-state index < -0.39 is 23.0 Å². The van der Waals surface area contributed by atoms with Crippen LogP contribution >= 0.6 is 0 Å². The van der Waals surface area contributed by atoms with E-state index in [4.69, 9.17) is 11.5 Å². The minimum atomic E-state index is -1.07. The molecule has 0 aliphatic carbocycles. The second-order valence-corrected chi connectivity index (χ2v) is 12.6. The fraction of sp³-hybridized carbons (Fsp3) is 0.867. The van der Waals surface area contributed by atoms with Crippen molar-refractivity contribution in [2.45, 2.75) is 118 Å². The molecule has 9 N–H and O–H groups in total. The van der Waals surface area contributed by atoms with E-state index >= 15 is 0 Å². The molecule has 0 bridgehead atoms. The van der Waals surface area contributed by atoms with Crippen molar-refractivity contribution in [1.82, 2.24) is 31.5 Å². The predicted molar refractivity (Wildman–Crippen MR) is 170 cm³/mol. The number of carbonyl (C=O) groups excluding carboxylic acids is 4. The zero-order chi connectivity index (χ0) is 32.5. The van der Waals surface area contributed by atoms with Gasteiger partial charge in [-0.05, 0) is 48.0 Å². The summed E-state index contributed by atoms with van der Waals surface area (Å²) in [5.74, 6) is -1.18. The van der Waals surface area contributed by atoms with E-state index in [2.05, 4.69) is 59.2 Å². The Morgan fingerprint density at radius 2 is 1.36 bits per heavy atom. The second-order valence-electron chi connectivity index (χ2n) is 12.6. The van der Waals surface area contributed by atoms with Crippen LogP contribution in [-0.2, 0) is 19.2 Å². The molecule has 3 amide bonds. The average molecular weight is 599 g/mol. The highest BCUT2D eigenvalue weighted by Gasteiger charge is 2.46. The van der Waals surface area contributed by atoms with E-state index in [0.29, 0.717) is 57.9 Å². The minimum absolute atomic E-state index is 0.0964. The van der Waals surface area contributed by atoms with Gasteiger partial charge in [-0.15, -0.1) is 0 Å². The number of nitrogens with two attached hydrogens (primary N) is 2. The predicted octanol–water partition coefficient (Wildman–Crippen LogP) is 0.242. The smallest absolute Gasteiger partial charge is 0.237 e. The van der Waals surface area contributed by atoms with Crippen molar-refractivity contribution in [2.24, 2.45) is 16.9 Å². The quantitative estimate of drug-likeness (QED) is 0.0810. The summed E-state index contributed by atoms with van der Waals surface area (Å²) in [5.41, 5.74) is 9.73. The number of nitrogens with one attached hydrogen (secondary N) is 5. The van der Waals surface area contributed by atoms with Crippen LogP contribution in [-0.4, -0.2) is 104 Å². The Morgan fingerprint density at radius 1 is 0.786 bits per heavy atom. The number of Topliss-reactive ketones (excluding diaryl/α,β-unsaturated/α-hetero) is 1. The summed E-state index contributed by atoms with van der Waals surface area (Å²) in [5, 5.41) is 15.0. The molecule has 0 unspecified atom stereocenters. The van der Waals surface area contributed by atoms with Gasteiger partial charge < -0.3 is 32.7 Å². The van der Waals surface area contributed by atoms with Crippen LogP contribution < -0.4 is 38.1 Å². The molecular formula is C30H62N8O4. The summed E-state index contributed by atoms with van der Waals surface area (Å²) < 4.78 is 0. The molecule has 42 heavy (non-hydrogen) atoms. The van der Waals surface area contributed by atoms with Gasteiger partial charge in [0.15, 0.2) is 5.78 Å². The molecule has 0 saturated heterocycles. The molecule has 246 valence electrons. The molecule has 0 aromatic rings. The molecule has 12 heteroatoms. The third-order valence-corrected chi connectivity index (χ3v) is 7.96. The molecule has 0 aliphatic heterocycles. The van der Waals surface area contributed by atoms with Crippen molar-refractivity contribution in [2.75, 3.05) is 45.8 Å². The first-order chi connectivity index (χ1) is 19.5. The largest absolute Gasteiger partial charge is 0.355 e. The summed E-state index contributed by atoms with van der Waals surface area (Å²) in [7, 11) is 0. The first-order valence-corrected chi connectivity index (χ1v) is 15.6. The van der Waals surface area contributed by atoms with E-state index in [0.717, 1.165) is 12.8 Å². The van der Waals surface area contributed by atoms with Gasteiger partial charge in [-0.25, -0.2) is 0 Å². The fourth-order valence-corrected chi connectivity index (χ4v) is 4.68. The van der Waals surface area contributed by atoms with Crippen molar-refractivity contribution in [1.29, 1.82) is 0 Å². The van der Waals surface area contributed by atoms with Gasteiger partial charge in [-0.3, -0.25) is 29.4 Å². The minimum Gasteiger partial charge on any atom is -0.355 e. The van der Waals surface area contributed by atoms with Gasteiger partial charge in [0.2, 0.25) is 17.7 Å². The van der Waals surface area contributed by atoms with Gasteiger partial charge in [0.1, 0.15) is 0 Å². The van der Waals surface area contributed by atoms with Crippen LogP contribution in [0.1, 0.15) is 88.0 Å². The number of unbranched alkanes of at least 4 members (excludes halogenated alkanes) is 1. The van der Waals surface area contributed by atoms with E-state index in [1.807, 2.05) is 20.8 Å². The van der Waals surface area contributed by atoms with Crippen molar-refractivity contribution in [3.05, 3.63) is 0 Å². The van der Waals surface area contributed by atoms with Gasteiger partial charge in [0, 0.05) is 75.3 Å². The Balaban J connectivity index is 5.38.